The van der Waals surface area contributed by atoms with Crippen molar-refractivity contribution in [3.05, 3.63) is 29.8 Å². The number of benzene rings is 1. The van der Waals surface area contributed by atoms with E-state index in [1.54, 1.807) is 7.11 Å². The van der Waals surface area contributed by atoms with Crippen LogP contribution < -0.4 is 4.74 Å². The number of rotatable bonds is 8. The van der Waals surface area contributed by atoms with Gasteiger partial charge in [-0.1, -0.05) is 32.4 Å². The lowest BCUT2D eigenvalue weighted by Crippen LogP contribution is -2.47. The minimum atomic E-state index is -0.408. The molecule has 1 aliphatic heterocycles. The molecule has 0 radical (unpaired) electrons. The van der Waals surface area contributed by atoms with E-state index in [4.69, 9.17) is 9.47 Å². The van der Waals surface area contributed by atoms with E-state index in [9.17, 15) is 4.79 Å². The first-order valence-corrected chi connectivity index (χ1v) is 9.55. The summed E-state index contributed by atoms with van der Waals surface area (Å²) in [4.78, 5) is 15.3. The predicted octanol–water partition coefficient (Wildman–Crippen LogP) is 3.93. The molecule has 1 fully saturated rings. The highest BCUT2D eigenvalue weighted by molar-refractivity contribution is 5.77. The van der Waals surface area contributed by atoms with Crippen molar-refractivity contribution in [2.75, 3.05) is 33.4 Å². The summed E-state index contributed by atoms with van der Waals surface area (Å²) in [5.41, 5.74) is 0.733. The minimum absolute atomic E-state index is 0.0407. The number of methoxy groups -OCH3 is 1. The molecule has 140 valence electrons. The monoisotopic (exact) mass is 347 g/mol. The molecule has 1 atom stereocenters. The molecule has 0 aliphatic carbocycles. The number of hydrogen-bond acceptors (Lipinski definition) is 4. The van der Waals surface area contributed by atoms with Gasteiger partial charge in [-0.25, -0.2) is 0 Å². The second kappa shape index (κ2) is 9.23. The zero-order valence-corrected chi connectivity index (χ0v) is 16.2. The van der Waals surface area contributed by atoms with Crippen LogP contribution in [0, 0.1) is 11.3 Å². The summed E-state index contributed by atoms with van der Waals surface area (Å²) in [6, 6.07) is 8.04. The van der Waals surface area contributed by atoms with E-state index in [1.807, 2.05) is 25.1 Å². The number of likely N-dealkylation sites (tertiary alicyclic amines) is 1. The van der Waals surface area contributed by atoms with Crippen molar-refractivity contribution < 1.29 is 14.3 Å². The van der Waals surface area contributed by atoms with E-state index >= 15 is 0 Å². The van der Waals surface area contributed by atoms with Crippen molar-refractivity contribution in [3.8, 4) is 5.75 Å². The highest BCUT2D eigenvalue weighted by Crippen LogP contribution is 2.37. The van der Waals surface area contributed by atoms with Crippen LogP contribution in [0.1, 0.15) is 45.6 Å². The number of carbonyl (C=O) groups is 1. The van der Waals surface area contributed by atoms with Gasteiger partial charge in [0.2, 0.25) is 0 Å². The molecule has 1 heterocycles. The fourth-order valence-electron chi connectivity index (χ4n) is 3.64. The van der Waals surface area contributed by atoms with Crippen LogP contribution in [0.15, 0.2) is 24.3 Å². The Morgan fingerprint density at radius 2 is 2.00 bits per heavy atom. The Bertz CT molecular complexity index is 550. The normalized spacial score (nSPS) is 18.6. The zero-order valence-electron chi connectivity index (χ0n) is 16.2. The molecule has 0 amide bonds. The molecule has 1 aromatic rings. The maximum Gasteiger partial charge on any atom is 0.312 e. The van der Waals surface area contributed by atoms with Gasteiger partial charge in [0.1, 0.15) is 5.75 Å². The Kier molecular flexibility index (Phi) is 7.30. The molecule has 0 saturated carbocycles. The van der Waals surface area contributed by atoms with Gasteiger partial charge in [0.05, 0.1) is 19.1 Å². The number of esters is 1. The summed E-state index contributed by atoms with van der Waals surface area (Å²) in [6.45, 7) is 9.91. The molecule has 1 saturated heterocycles. The smallest absolute Gasteiger partial charge is 0.312 e. The molecule has 2 rings (SSSR count). The number of ether oxygens (including phenoxy) is 2. The van der Waals surface area contributed by atoms with E-state index in [1.165, 1.54) is 6.42 Å². The molecular weight excluding hydrogens is 314 g/mol. The van der Waals surface area contributed by atoms with Crippen LogP contribution in [0.2, 0.25) is 0 Å². The first-order valence-electron chi connectivity index (χ1n) is 9.55. The lowest BCUT2D eigenvalue weighted by molar-refractivity contribution is -0.158. The summed E-state index contributed by atoms with van der Waals surface area (Å²) in [7, 11) is 1.67. The van der Waals surface area contributed by atoms with Crippen molar-refractivity contribution in [1.82, 2.24) is 4.90 Å². The summed E-state index contributed by atoms with van der Waals surface area (Å²) in [5, 5.41) is 0. The molecule has 0 N–H and O–H groups in total. The minimum Gasteiger partial charge on any atom is -0.497 e. The molecule has 0 aromatic heterocycles. The summed E-state index contributed by atoms with van der Waals surface area (Å²) in [5.74, 6) is 1.50. The summed E-state index contributed by atoms with van der Waals surface area (Å²) < 4.78 is 10.8. The van der Waals surface area contributed by atoms with Gasteiger partial charge < -0.3 is 14.4 Å². The van der Waals surface area contributed by atoms with Crippen LogP contribution in [0.4, 0.5) is 0 Å². The lowest BCUT2D eigenvalue weighted by atomic mass is 9.73. The summed E-state index contributed by atoms with van der Waals surface area (Å²) in [6.07, 6.45) is 3.64. The van der Waals surface area contributed by atoms with Crippen LogP contribution in [-0.4, -0.2) is 44.2 Å². The molecule has 0 unspecified atom stereocenters. The third kappa shape index (κ3) is 5.21. The molecule has 25 heavy (non-hydrogen) atoms. The van der Waals surface area contributed by atoms with E-state index in [-0.39, 0.29) is 5.97 Å². The Morgan fingerprint density at radius 3 is 2.60 bits per heavy atom. The number of carbonyl (C=O) groups excluding carboxylic acids is 1. The maximum absolute atomic E-state index is 12.8. The first-order chi connectivity index (χ1) is 12.0. The van der Waals surface area contributed by atoms with Gasteiger partial charge >= 0.3 is 5.97 Å². The second-order valence-corrected chi connectivity index (χ2v) is 7.34. The Hall–Kier alpha value is -1.55. The third-order valence-corrected chi connectivity index (χ3v) is 5.47. The van der Waals surface area contributed by atoms with Gasteiger partial charge in [-0.2, -0.15) is 0 Å². The summed E-state index contributed by atoms with van der Waals surface area (Å²) >= 11 is 0. The van der Waals surface area contributed by atoms with E-state index < -0.39 is 5.41 Å². The molecule has 0 bridgehead atoms. The molecule has 0 spiro atoms. The van der Waals surface area contributed by atoms with Crippen LogP contribution in [0.3, 0.4) is 0 Å². The number of nitrogens with zero attached hydrogens (tertiary/aromatic N) is 1. The highest BCUT2D eigenvalue weighted by Gasteiger charge is 2.42. The predicted molar refractivity (Wildman–Crippen MR) is 101 cm³/mol. The SMILES string of the molecule is CCOC(=O)C1(Cc2cccc(OC)c2)CCN(C[C@@H](C)CC)CC1. The first kappa shape index (κ1) is 19.8. The lowest BCUT2D eigenvalue weighted by Gasteiger charge is -2.40. The van der Waals surface area contributed by atoms with Crippen molar-refractivity contribution in [3.63, 3.8) is 0 Å². The van der Waals surface area contributed by atoms with Crippen LogP contribution in [-0.2, 0) is 16.0 Å². The van der Waals surface area contributed by atoms with Crippen molar-refractivity contribution in [2.24, 2.45) is 11.3 Å². The van der Waals surface area contributed by atoms with Gasteiger partial charge in [-0.3, -0.25) is 4.79 Å². The Morgan fingerprint density at radius 1 is 1.28 bits per heavy atom. The number of piperidine rings is 1. The molecule has 4 heteroatoms. The van der Waals surface area contributed by atoms with Gasteiger partial charge in [-0.15, -0.1) is 0 Å². The topological polar surface area (TPSA) is 38.8 Å². The molecular formula is C21H33NO3. The standard InChI is InChI=1S/C21H33NO3/c1-5-17(3)16-22-12-10-21(11-13-22,20(23)25-6-2)15-18-8-7-9-19(14-18)24-4/h7-9,14,17H,5-6,10-13,15-16H2,1-4H3/t17-/m0/s1. The van der Waals surface area contributed by atoms with Gasteiger partial charge in [0.25, 0.3) is 0 Å². The number of hydrogen-bond donors (Lipinski definition) is 0. The zero-order chi connectivity index (χ0) is 18.3. The second-order valence-electron chi connectivity index (χ2n) is 7.34. The van der Waals surface area contributed by atoms with Crippen molar-refractivity contribution >= 4 is 5.97 Å². The Labute approximate surface area is 152 Å². The molecule has 1 aromatic carbocycles. The van der Waals surface area contributed by atoms with Gasteiger partial charge in [0.15, 0.2) is 0 Å². The van der Waals surface area contributed by atoms with Crippen LogP contribution in [0.5, 0.6) is 5.75 Å². The average molecular weight is 347 g/mol. The molecule has 1 aliphatic rings. The fourth-order valence-corrected chi connectivity index (χ4v) is 3.64. The van der Waals surface area contributed by atoms with Crippen molar-refractivity contribution in [1.29, 1.82) is 0 Å². The van der Waals surface area contributed by atoms with E-state index in [0.29, 0.717) is 12.5 Å². The maximum atomic E-state index is 12.8. The van der Waals surface area contributed by atoms with E-state index in [0.717, 1.165) is 50.2 Å². The quantitative estimate of drug-likeness (QED) is 0.668. The fraction of sp³-hybridized carbons (Fsp3) is 0.667. The average Bonchev–Trinajstić information content (AvgIpc) is 2.63. The largest absolute Gasteiger partial charge is 0.497 e. The van der Waals surface area contributed by atoms with Crippen molar-refractivity contribution in [2.45, 2.75) is 46.5 Å². The van der Waals surface area contributed by atoms with Gasteiger partial charge in [-0.05, 0) is 62.9 Å². The third-order valence-electron chi connectivity index (χ3n) is 5.47. The highest BCUT2D eigenvalue weighted by atomic mass is 16.5. The van der Waals surface area contributed by atoms with Crippen LogP contribution >= 0.6 is 0 Å². The van der Waals surface area contributed by atoms with Crippen LogP contribution in [0.25, 0.3) is 0 Å². The molecule has 4 nitrogen and oxygen atoms in total. The van der Waals surface area contributed by atoms with E-state index in [2.05, 4.69) is 24.8 Å². The Balaban J connectivity index is 2.12. The van der Waals surface area contributed by atoms with Gasteiger partial charge in [0, 0.05) is 6.54 Å².